The Labute approximate surface area is 168 Å². The van der Waals surface area contributed by atoms with Crippen molar-refractivity contribution < 1.29 is 27.6 Å². The molecule has 0 amide bonds. The van der Waals surface area contributed by atoms with Gasteiger partial charge in [-0.3, -0.25) is 10.1 Å². The summed E-state index contributed by atoms with van der Waals surface area (Å²) in [7, 11) is 0. The molecule has 0 N–H and O–H groups in total. The summed E-state index contributed by atoms with van der Waals surface area (Å²) in [5.41, 5.74) is -0.791. The Morgan fingerprint density at radius 2 is 1.96 bits per heavy atom. The number of ether oxygens (including phenoxy) is 2. The molecule has 10 heteroatoms. The van der Waals surface area contributed by atoms with Crippen molar-refractivity contribution >= 4 is 34.6 Å². The number of hydrogen-bond donors (Lipinski definition) is 0. The zero-order valence-electron chi connectivity index (χ0n) is 14.2. The van der Waals surface area contributed by atoms with E-state index in [0.29, 0.717) is 0 Å². The molecule has 0 radical (unpaired) electrons. The van der Waals surface area contributed by atoms with Crippen molar-refractivity contribution in [2.75, 3.05) is 0 Å². The lowest BCUT2D eigenvalue weighted by Crippen LogP contribution is -2.09. The van der Waals surface area contributed by atoms with E-state index >= 15 is 0 Å². The monoisotopic (exact) mass is 431 g/mol. The number of nitro benzene ring substituents is 1. The normalized spacial score (nSPS) is 13.9. The second kappa shape index (κ2) is 7.92. The van der Waals surface area contributed by atoms with Gasteiger partial charge in [-0.1, -0.05) is 11.6 Å². The lowest BCUT2D eigenvalue weighted by molar-refractivity contribution is -0.385. The first-order valence-corrected chi connectivity index (χ1v) is 8.93. The zero-order chi connectivity index (χ0) is 20.5. The number of alkyl halides is 3. The molecule has 0 unspecified atom stereocenters. The van der Waals surface area contributed by atoms with E-state index in [9.17, 15) is 23.3 Å². The molecule has 3 rings (SSSR count). The zero-order valence-corrected chi connectivity index (χ0v) is 15.7. The Morgan fingerprint density at radius 1 is 1.25 bits per heavy atom. The van der Waals surface area contributed by atoms with Gasteiger partial charge in [-0.25, -0.2) is 0 Å². The average molecular weight is 432 g/mol. The van der Waals surface area contributed by atoms with E-state index in [2.05, 4.69) is 0 Å². The van der Waals surface area contributed by atoms with Crippen molar-refractivity contribution in [3.8, 4) is 11.5 Å². The van der Waals surface area contributed by atoms with Gasteiger partial charge in [0.1, 0.15) is 11.5 Å². The molecule has 0 heterocycles. The van der Waals surface area contributed by atoms with Gasteiger partial charge in [-0.05, 0) is 55.4 Å². The van der Waals surface area contributed by atoms with E-state index in [-0.39, 0.29) is 45.3 Å². The summed E-state index contributed by atoms with van der Waals surface area (Å²) in [6, 6.07) is 6.65. The maximum Gasteiger partial charge on any atom is 0.416 e. The lowest BCUT2D eigenvalue weighted by atomic mass is 10.1. The first kappa shape index (κ1) is 20.3. The summed E-state index contributed by atoms with van der Waals surface area (Å²) in [4.78, 5) is 10.7. The molecule has 2 aromatic carbocycles. The van der Waals surface area contributed by atoms with Gasteiger partial charge < -0.3 is 9.47 Å². The third kappa shape index (κ3) is 5.11. The van der Waals surface area contributed by atoms with Crippen LogP contribution in [0.25, 0.3) is 0 Å². The van der Waals surface area contributed by atoms with Crippen molar-refractivity contribution in [2.24, 2.45) is 0 Å². The van der Waals surface area contributed by atoms with Gasteiger partial charge in [-0.15, -0.1) is 0 Å². The standard InChI is InChI=1S/C18H13ClF3NO4S/c19-14-9-11(18(20,21)22)1-6-16(14)26-13-4-5-15(23(24)25)10(7-13)8-17(28)27-12-2-3-12/h1,4-7,9,12H,2-3,8H2. The Bertz CT molecular complexity index is 932. The van der Waals surface area contributed by atoms with Gasteiger partial charge in [0.05, 0.1) is 21.6 Å². The Hall–Kier alpha value is -2.39. The highest BCUT2D eigenvalue weighted by Gasteiger charge is 2.31. The summed E-state index contributed by atoms with van der Waals surface area (Å²) < 4.78 is 49.2. The van der Waals surface area contributed by atoms with Crippen LogP contribution in [-0.4, -0.2) is 16.1 Å². The van der Waals surface area contributed by atoms with Crippen molar-refractivity contribution in [3.63, 3.8) is 0 Å². The van der Waals surface area contributed by atoms with Gasteiger partial charge in [0.2, 0.25) is 0 Å². The Balaban J connectivity index is 1.83. The molecule has 0 atom stereocenters. The molecule has 148 valence electrons. The maximum atomic E-state index is 12.7. The van der Waals surface area contributed by atoms with Gasteiger partial charge in [0, 0.05) is 18.1 Å². The Kier molecular flexibility index (Phi) is 5.76. The van der Waals surface area contributed by atoms with E-state index in [4.69, 9.17) is 33.3 Å². The fraction of sp³-hybridized carbons (Fsp3) is 0.278. The van der Waals surface area contributed by atoms with Crippen molar-refractivity contribution in [2.45, 2.75) is 31.5 Å². The molecule has 0 spiro atoms. The van der Waals surface area contributed by atoms with Crippen LogP contribution >= 0.6 is 23.8 Å². The highest BCUT2D eigenvalue weighted by Crippen LogP contribution is 2.37. The summed E-state index contributed by atoms with van der Waals surface area (Å²) in [6.07, 6.45) is -2.62. The highest BCUT2D eigenvalue weighted by atomic mass is 35.5. The van der Waals surface area contributed by atoms with E-state index in [0.717, 1.165) is 31.0 Å². The fourth-order valence-electron chi connectivity index (χ4n) is 2.40. The smallest absolute Gasteiger partial charge is 0.416 e. The molecular formula is C18H13ClF3NO4S. The van der Waals surface area contributed by atoms with Gasteiger partial charge in [0.25, 0.3) is 5.69 Å². The van der Waals surface area contributed by atoms with E-state index in [1.807, 2.05) is 0 Å². The predicted molar refractivity (Wildman–Crippen MR) is 100 cm³/mol. The maximum absolute atomic E-state index is 12.7. The molecule has 2 aromatic rings. The number of nitro groups is 1. The molecule has 0 aromatic heterocycles. The van der Waals surface area contributed by atoms with Crippen LogP contribution in [0.5, 0.6) is 11.5 Å². The van der Waals surface area contributed by atoms with Crippen LogP contribution < -0.4 is 4.74 Å². The molecule has 1 saturated carbocycles. The van der Waals surface area contributed by atoms with E-state index in [1.54, 1.807) is 0 Å². The molecule has 0 saturated heterocycles. The van der Waals surface area contributed by atoms with Crippen LogP contribution in [0.1, 0.15) is 24.0 Å². The Morgan fingerprint density at radius 3 is 2.54 bits per heavy atom. The SMILES string of the molecule is O=[N+]([O-])c1ccc(Oc2ccc(C(F)(F)F)cc2Cl)cc1CC(=S)OC1CC1. The molecule has 1 fully saturated rings. The average Bonchev–Trinajstić information content (AvgIpc) is 3.39. The lowest BCUT2D eigenvalue weighted by Gasteiger charge is -2.12. The molecule has 0 bridgehead atoms. The molecule has 1 aliphatic rings. The molecule has 28 heavy (non-hydrogen) atoms. The number of hydrogen-bond acceptors (Lipinski definition) is 5. The van der Waals surface area contributed by atoms with Crippen molar-refractivity contribution in [1.29, 1.82) is 0 Å². The van der Waals surface area contributed by atoms with Crippen molar-refractivity contribution in [3.05, 3.63) is 62.7 Å². The minimum Gasteiger partial charge on any atom is -0.484 e. The topological polar surface area (TPSA) is 61.6 Å². The largest absolute Gasteiger partial charge is 0.484 e. The minimum absolute atomic E-state index is 0.00808. The van der Waals surface area contributed by atoms with E-state index in [1.165, 1.54) is 18.2 Å². The number of thiocarbonyl (C=S) groups is 1. The highest BCUT2D eigenvalue weighted by molar-refractivity contribution is 7.80. The van der Waals surface area contributed by atoms with Gasteiger partial charge >= 0.3 is 6.18 Å². The summed E-state index contributed by atoms with van der Waals surface area (Å²) in [6.45, 7) is 0. The third-order valence-electron chi connectivity index (χ3n) is 3.89. The summed E-state index contributed by atoms with van der Waals surface area (Å²) >= 11 is 11.0. The van der Waals surface area contributed by atoms with Crippen LogP contribution in [0, 0.1) is 10.1 Å². The summed E-state index contributed by atoms with van der Waals surface area (Å²) in [5, 5.41) is 11.2. The second-order valence-electron chi connectivity index (χ2n) is 6.16. The third-order valence-corrected chi connectivity index (χ3v) is 4.43. The van der Waals surface area contributed by atoms with Crippen LogP contribution in [0.2, 0.25) is 5.02 Å². The fourth-order valence-corrected chi connectivity index (χ4v) is 2.91. The number of nitrogens with zero attached hydrogens (tertiary/aromatic N) is 1. The van der Waals surface area contributed by atoms with Crippen molar-refractivity contribution in [1.82, 2.24) is 0 Å². The quantitative estimate of drug-likeness (QED) is 0.314. The molecule has 5 nitrogen and oxygen atoms in total. The van der Waals surface area contributed by atoms with Gasteiger partial charge in [0.15, 0.2) is 5.05 Å². The number of rotatable bonds is 6. The predicted octanol–water partition coefficient (Wildman–Crippen LogP) is 6.11. The van der Waals surface area contributed by atoms with Crippen LogP contribution in [0.4, 0.5) is 18.9 Å². The molecule has 0 aliphatic heterocycles. The van der Waals surface area contributed by atoms with Gasteiger partial charge in [-0.2, -0.15) is 13.2 Å². The van der Waals surface area contributed by atoms with E-state index < -0.39 is 16.7 Å². The molecule has 1 aliphatic carbocycles. The van der Waals surface area contributed by atoms with Crippen LogP contribution in [0.15, 0.2) is 36.4 Å². The second-order valence-corrected chi connectivity index (χ2v) is 7.02. The number of halogens is 4. The van der Waals surface area contributed by atoms with Crippen LogP contribution in [0.3, 0.4) is 0 Å². The summed E-state index contributed by atoms with van der Waals surface area (Å²) in [5.74, 6) is 0.169. The number of benzene rings is 2. The first-order chi connectivity index (χ1) is 13.1. The van der Waals surface area contributed by atoms with Crippen LogP contribution in [-0.2, 0) is 17.3 Å². The minimum atomic E-state index is -4.53. The molecular weight excluding hydrogens is 419 g/mol. The first-order valence-electron chi connectivity index (χ1n) is 8.15.